The van der Waals surface area contributed by atoms with Crippen molar-refractivity contribution in [3.05, 3.63) is 0 Å². The molecular weight excluding hydrogens is 248 g/mol. The molecule has 0 aromatic carbocycles. The molecule has 0 bridgehead atoms. The normalized spacial score (nSPS) is 19.5. The summed E-state index contributed by atoms with van der Waals surface area (Å²) in [5, 5.41) is 20.4. The highest BCUT2D eigenvalue weighted by Gasteiger charge is 2.29. The predicted molar refractivity (Wildman–Crippen MR) is 70.9 cm³/mol. The van der Waals surface area contributed by atoms with Crippen LogP contribution < -0.4 is 5.32 Å². The predicted octanol–water partition coefficient (Wildman–Crippen LogP) is 1.04. The van der Waals surface area contributed by atoms with Gasteiger partial charge in [-0.15, -0.1) is 0 Å². The lowest BCUT2D eigenvalue weighted by Crippen LogP contribution is -2.49. The van der Waals surface area contributed by atoms with Gasteiger partial charge < -0.3 is 20.4 Å². The summed E-state index contributed by atoms with van der Waals surface area (Å²) in [6.07, 6.45) is 2.10. The molecule has 110 valence electrons. The molecule has 3 N–H and O–H groups in total. The fourth-order valence-electron chi connectivity index (χ4n) is 2.29. The Morgan fingerprint density at radius 1 is 1.42 bits per heavy atom. The second kappa shape index (κ2) is 6.75. The molecule has 1 atom stereocenters. The summed E-state index contributed by atoms with van der Waals surface area (Å²) < 4.78 is 0. The summed E-state index contributed by atoms with van der Waals surface area (Å²) in [6.45, 7) is 5.18. The third kappa shape index (κ3) is 5.46. The van der Waals surface area contributed by atoms with E-state index in [9.17, 15) is 9.59 Å². The summed E-state index contributed by atoms with van der Waals surface area (Å²) in [6, 6.07) is -0.143. The van der Waals surface area contributed by atoms with Crippen molar-refractivity contribution in [2.75, 3.05) is 19.7 Å². The van der Waals surface area contributed by atoms with Crippen LogP contribution in [0, 0.1) is 5.92 Å². The number of rotatable bonds is 6. The lowest BCUT2D eigenvalue weighted by molar-refractivity contribution is -0.137. The molecule has 0 saturated carbocycles. The maximum atomic E-state index is 12.1. The molecule has 0 aromatic heterocycles. The van der Waals surface area contributed by atoms with E-state index in [2.05, 4.69) is 5.32 Å². The van der Waals surface area contributed by atoms with Gasteiger partial charge in [0, 0.05) is 31.7 Å². The number of hydrogen-bond acceptors (Lipinski definition) is 3. The summed E-state index contributed by atoms with van der Waals surface area (Å²) in [5.74, 6) is -0.482. The third-order valence-corrected chi connectivity index (χ3v) is 3.52. The van der Waals surface area contributed by atoms with Gasteiger partial charge in [0.1, 0.15) is 0 Å². The van der Waals surface area contributed by atoms with E-state index in [1.165, 1.54) is 0 Å². The van der Waals surface area contributed by atoms with Gasteiger partial charge in [-0.1, -0.05) is 0 Å². The zero-order chi connectivity index (χ0) is 14.5. The average molecular weight is 272 g/mol. The van der Waals surface area contributed by atoms with Crippen LogP contribution in [-0.4, -0.2) is 52.3 Å². The molecule has 6 nitrogen and oxygen atoms in total. The van der Waals surface area contributed by atoms with Gasteiger partial charge in [0.2, 0.25) is 0 Å². The molecule has 2 amide bonds. The molecule has 1 aliphatic rings. The molecule has 6 heteroatoms. The Bertz CT molecular complexity index is 331. The molecule has 1 saturated heterocycles. The van der Waals surface area contributed by atoms with Crippen molar-refractivity contribution in [2.45, 2.75) is 45.1 Å². The zero-order valence-corrected chi connectivity index (χ0v) is 11.7. The molecular formula is C13H24N2O4. The van der Waals surface area contributed by atoms with Crippen LogP contribution in [0.1, 0.15) is 39.5 Å². The lowest BCUT2D eigenvalue weighted by Gasteiger charge is -2.29. The number of aliphatic carboxylic acids is 1. The summed E-state index contributed by atoms with van der Waals surface area (Å²) in [4.78, 5) is 24.4. The van der Waals surface area contributed by atoms with Gasteiger partial charge in [-0.05, 0) is 39.0 Å². The average Bonchev–Trinajstić information content (AvgIpc) is 2.75. The number of carboxylic acid groups (broad SMARTS) is 1. The van der Waals surface area contributed by atoms with E-state index in [1.807, 2.05) is 13.8 Å². The maximum Gasteiger partial charge on any atom is 0.317 e. The number of nitrogens with one attached hydrogen (secondary N) is 1. The molecule has 1 heterocycles. The number of urea groups is 1. The van der Waals surface area contributed by atoms with Crippen molar-refractivity contribution in [1.82, 2.24) is 10.2 Å². The Morgan fingerprint density at radius 3 is 2.68 bits per heavy atom. The molecule has 0 spiro atoms. The van der Waals surface area contributed by atoms with Crippen molar-refractivity contribution in [2.24, 2.45) is 5.92 Å². The number of hydrogen-bond donors (Lipinski definition) is 3. The van der Waals surface area contributed by atoms with Crippen molar-refractivity contribution >= 4 is 12.0 Å². The fraction of sp³-hybridized carbons (Fsp3) is 0.846. The number of carbonyl (C=O) groups is 2. The first-order valence-corrected chi connectivity index (χ1v) is 6.74. The summed E-state index contributed by atoms with van der Waals surface area (Å²) >= 11 is 0. The first-order chi connectivity index (χ1) is 8.84. The molecule has 1 fully saturated rings. The van der Waals surface area contributed by atoms with Gasteiger partial charge in [-0.3, -0.25) is 4.79 Å². The first kappa shape index (κ1) is 15.8. The SMILES string of the molecule is CC(C)(CCC(=O)O)NC(=O)N1CCC(CCO)C1. The molecule has 1 unspecified atom stereocenters. The Balaban J connectivity index is 2.40. The zero-order valence-electron chi connectivity index (χ0n) is 11.7. The molecule has 19 heavy (non-hydrogen) atoms. The van der Waals surface area contributed by atoms with E-state index in [0.717, 1.165) is 12.8 Å². The smallest absolute Gasteiger partial charge is 0.317 e. The van der Waals surface area contributed by atoms with Crippen LogP contribution in [-0.2, 0) is 4.79 Å². The van der Waals surface area contributed by atoms with Gasteiger partial charge in [-0.25, -0.2) is 4.79 Å². The van der Waals surface area contributed by atoms with Gasteiger partial charge >= 0.3 is 12.0 Å². The van der Waals surface area contributed by atoms with Crippen LogP contribution >= 0.6 is 0 Å². The maximum absolute atomic E-state index is 12.1. The van der Waals surface area contributed by atoms with Crippen LogP contribution in [0.3, 0.4) is 0 Å². The third-order valence-electron chi connectivity index (χ3n) is 3.52. The Morgan fingerprint density at radius 2 is 2.11 bits per heavy atom. The van der Waals surface area contributed by atoms with Gasteiger partial charge in [-0.2, -0.15) is 0 Å². The summed E-state index contributed by atoms with van der Waals surface area (Å²) in [7, 11) is 0. The van der Waals surface area contributed by atoms with Crippen LogP contribution in [0.15, 0.2) is 0 Å². The van der Waals surface area contributed by atoms with E-state index in [1.54, 1.807) is 4.90 Å². The van der Waals surface area contributed by atoms with E-state index in [4.69, 9.17) is 10.2 Å². The number of carboxylic acids is 1. The van der Waals surface area contributed by atoms with Crippen molar-refractivity contribution in [3.63, 3.8) is 0 Å². The topological polar surface area (TPSA) is 89.9 Å². The number of likely N-dealkylation sites (tertiary alicyclic amines) is 1. The summed E-state index contributed by atoms with van der Waals surface area (Å²) in [5.41, 5.74) is -0.523. The van der Waals surface area contributed by atoms with Crippen LogP contribution in [0.25, 0.3) is 0 Å². The fourth-order valence-corrected chi connectivity index (χ4v) is 2.29. The second-order valence-electron chi connectivity index (χ2n) is 5.82. The lowest BCUT2D eigenvalue weighted by atomic mass is 9.99. The van der Waals surface area contributed by atoms with Gasteiger partial charge in [0.15, 0.2) is 0 Å². The molecule has 0 radical (unpaired) electrons. The highest BCUT2D eigenvalue weighted by atomic mass is 16.4. The van der Waals surface area contributed by atoms with E-state index < -0.39 is 11.5 Å². The van der Waals surface area contributed by atoms with Crippen LogP contribution in [0.5, 0.6) is 0 Å². The van der Waals surface area contributed by atoms with E-state index in [-0.39, 0.29) is 19.1 Å². The van der Waals surface area contributed by atoms with E-state index >= 15 is 0 Å². The second-order valence-corrected chi connectivity index (χ2v) is 5.82. The standard InChI is InChI=1S/C13H24N2O4/c1-13(2,6-3-11(17)18)14-12(19)15-7-4-10(9-15)5-8-16/h10,16H,3-9H2,1-2H3,(H,14,19)(H,17,18). The van der Waals surface area contributed by atoms with Crippen molar-refractivity contribution < 1.29 is 19.8 Å². The Hall–Kier alpha value is -1.30. The van der Waals surface area contributed by atoms with Crippen molar-refractivity contribution in [1.29, 1.82) is 0 Å². The molecule has 0 aliphatic carbocycles. The van der Waals surface area contributed by atoms with Gasteiger partial charge in [0.25, 0.3) is 0 Å². The quantitative estimate of drug-likeness (QED) is 0.674. The van der Waals surface area contributed by atoms with Crippen molar-refractivity contribution in [3.8, 4) is 0 Å². The Kier molecular flexibility index (Phi) is 5.60. The number of aliphatic hydroxyl groups excluding tert-OH is 1. The minimum Gasteiger partial charge on any atom is -0.481 e. The first-order valence-electron chi connectivity index (χ1n) is 6.74. The van der Waals surface area contributed by atoms with E-state index in [0.29, 0.717) is 25.4 Å². The number of nitrogens with zero attached hydrogens (tertiary/aromatic N) is 1. The van der Waals surface area contributed by atoms with Gasteiger partial charge in [0.05, 0.1) is 0 Å². The monoisotopic (exact) mass is 272 g/mol. The largest absolute Gasteiger partial charge is 0.481 e. The van der Waals surface area contributed by atoms with Crippen LogP contribution in [0.2, 0.25) is 0 Å². The Labute approximate surface area is 113 Å². The number of amides is 2. The highest BCUT2D eigenvalue weighted by Crippen LogP contribution is 2.20. The number of carbonyl (C=O) groups excluding carboxylic acids is 1. The molecule has 1 aliphatic heterocycles. The molecule has 0 aromatic rings. The minimum atomic E-state index is -0.855. The highest BCUT2D eigenvalue weighted by molar-refractivity contribution is 5.75. The molecule has 1 rings (SSSR count). The van der Waals surface area contributed by atoms with Crippen LogP contribution in [0.4, 0.5) is 4.79 Å². The minimum absolute atomic E-state index is 0.0421. The number of aliphatic hydroxyl groups is 1.